The summed E-state index contributed by atoms with van der Waals surface area (Å²) in [5.74, 6) is 2.81. The second-order valence-corrected chi connectivity index (χ2v) is 10.2. The first-order chi connectivity index (χ1) is 17.6. The SMILES string of the molecule is COc1cc(N)nnc1C1CCN(C(=O)OC(C)(C)C)CC1.COc1cc(N)nnc1C1CCNCC1.Cl.Cl. The van der Waals surface area contributed by atoms with E-state index < -0.39 is 5.60 Å². The third kappa shape index (κ3) is 10.0. The van der Waals surface area contributed by atoms with Gasteiger partial charge in [-0.15, -0.1) is 45.2 Å². The van der Waals surface area contributed by atoms with E-state index >= 15 is 0 Å². The number of amides is 1. The van der Waals surface area contributed by atoms with E-state index in [1.165, 1.54) is 0 Å². The Morgan fingerprint density at radius 2 is 1.28 bits per heavy atom. The molecule has 0 radical (unpaired) electrons. The van der Waals surface area contributed by atoms with Crippen molar-refractivity contribution in [3.63, 3.8) is 0 Å². The number of nitrogens with two attached hydrogens (primary N) is 2. The van der Waals surface area contributed by atoms with E-state index in [1.807, 2.05) is 20.8 Å². The normalized spacial score (nSPS) is 16.1. The Hall–Kier alpha value is -2.83. The predicted octanol–water partition coefficient (Wildman–Crippen LogP) is 3.56. The van der Waals surface area contributed by atoms with Gasteiger partial charge in [0, 0.05) is 37.1 Å². The highest BCUT2D eigenvalue weighted by atomic mass is 35.5. The minimum atomic E-state index is -0.473. The number of anilines is 2. The molecule has 0 saturated carbocycles. The lowest BCUT2D eigenvalue weighted by Crippen LogP contribution is -2.41. The molecule has 2 aliphatic heterocycles. The molecule has 0 spiro atoms. The van der Waals surface area contributed by atoms with Crippen LogP contribution in [0.5, 0.6) is 11.5 Å². The van der Waals surface area contributed by atoms with Crippen molar-refractivity contribution in [2.75, 3.05) is 51.9 Å². The maximum Gasteiger partial charge on any atom is 0.410 e. The van der Waals surface area contributed by atoms with E-state index in [1.54, 1.807) is 31.3 Å². The molecule has 12 nitrogen and oxygen atoms in total. The molecule has 2 aromatic heterocycles. The fourth-order valence-corrected chi connectivity index (χ4v) is 4.45. The number of aromatic nitrogens is 4. The van der Waals surface area contributed by atoms with Crippen LogP contribution in [0.15, 0.2) is 12.1 Å². The van der Waals surface area contributed by atoms with Crippen LogP contribution in [0, 0.1) is 0 Å². The first-order valence-corrected chi connectivity index (χ1v) is 12.6. The summed E-state index contributed by atoms with van der Waals surface area (Å²) in [6, 6.07) is 3.42. The van der Waals surface area contributed by atoms with Crippen molar-refractivity contribution in [3.05, 3.63) is 23.5 Å². The number of halogens is 2. The van der Waals surface area contributed by atoms with E-state index in [-0.39, 0.29) is 36.8 Å². The average molecular weight is 590 g/mol. The van der Waals surface area contributed by atoms with Gasteiger partial charge in [0.05, 0.1) is 14.2 Å². The monoisotopic (exact) mass is 588 g/mol. The van der Waals surface area contributed by atoms with Crippen LogP contribution in [-0.4, -0.2) is 77.4 Å². The minimum absolute atomic E-state index is 0. The highest BCUT2D eigenvalue weighted by molar-refractivity contribution is 5.85. The number of ether oxygens (including phenoxy) is 3. The molecule has 4 rings (SSSR count). The third-order valence-electron chi connectivity index (χ3n) is 6.31. The van der Waals surface area contributed by atoms with Crippen molar-refractivity contribution < 1.29 is 19.0 Å². The van der Waals surface area contributed by atoms with E-state index in [2.05, 4.69) is 25.7 Å². The molecule has 2 saturated heterocycles. The summed E-state index contributed by atoms with van der Waals surface area (Å²) < 4.78 is 16.0. The molecular weight excluding hydrogens is 547 g/mol. The Balaban J connectivity index is 0.000000394. The Kier molecular flexibility index (Phi) is 13.8. The summed E-state index contributed by atoms with van der Waals surface area (Å²) in [6.07, 6.45) is 3.49. The number of likely N-dealkylation sites (tertiary alicyclic amines) is 1. The zero-order chi connectivity index (χ0) is 27.0. The van der Waals surface area contributed by atoms with Crippen molar-refractivity contribution in [2.24, 2.45) is 0 Å². The molecule has 1 amide bonds. The summed E-state index contributed by atoms with van der Waals surface area (Å²) in [7, 11) is 3.23. The fourth-order valence-electron chi connectivity index (χ4n) is 4.45. The van der Waals surface area contributed by atoms with Crippen LogP contribution in [0.1, 0.15) is 69.7 Å². The Bertz CT molecular complexity index is 1040. The van der Waals surface area contributed by atoms with Crippen LogP contribution < -0.4 is 26.3 Å². The second-order valence-electron chi connectivity index (χ2n) is 10.2. The van der Waals surface area contributed by atoms with Gasteiger partial charge in [0.25, 0.3) is 0 Å². The number of nitrogens with one attached hydrogen (secondary N) is 1. The number of nitrogen functional groups attached to an aromatic ring is 2. The molecule has 220 valence electrons. The molecule has 2 aromatic rings. The van der Waals surface area contributed by atoms with Crippen LogP contribution in [0.2, 0.25) is 0 Å². The molecular formula is C25H42Cl2N8O4. The highest BCUT2D eigenvalue weighted by Gasteiger charge is 2.29. The Labute approximate surface area is 242 Å². The van der Waals surface area contributed by atoms with Gasteiger partial charge in [0.1, 0.15) is 40.1 Å². The maximum atomic E-state index is 12.1. The minimum Gasteiger partial charge on any atom is -0.495 e. The summed E-state index contributed by atoms with van der Waals surface area (Å²) >= 11 is 0. The summed E-state index contributed by atoms with van der Waals surface area (Å²) in [4.78, 5) is 13.8. The van der Waals surface area contributed by atoms with Crippen molar-refractivity contribution in [1.29, 1.82) is 0 Å². The van der Waals surface area contributed by atoms with E-state index in [0.29, 0.717) is 36.4 Å². The number of piperidine rings is 2. The maximum absolute atomic E-state index is 12.1. The molecule has 2 fully saturated rings. The second kappa shape index (κ2) is 15.7. The lowest BCUT2D eigenvalue weighted by Gasteiger charge is -2.33. The molecule has 0 unspecified atom stereocenters. The van der Waals surface area contributed by atoms with Gasteiger partial charge in [-0.1, -0.05) is 0 Å². The lowest BCUT2D eigenvalue weighted by atomic mass is 9.93. The number of hydrogen-bond acceptors (Lipinski definition) is 11. The van der Waals surface area contributed by atoms with Gasteiger partial charge in [0.15, 0.2) is 0 Å². The fraction of sp³-hybridized carbons (Fsp3) is 0.640. The first-order valence-electron chi connectivity index (χ1n) is 12.6. The molecule has 5 N–H and O–H groups in total. The van der Waals surface area contributed by atoms with Gasteiger partial charge in [-0.25, -0.2) is 4.79 Å². The average Bonchev–Trinajstić information content (AvgIpc) is 2.88. The quantitative estimate of drug-likeness (QED) is 0.478. The zero-order valence-electron chi connectivity index (χ0n) is 23.3. The molecule has 4 heterocycles. The van der Waals surface area contributed by atoms with E-state index in [0.717, 1.165) is 55.9 Å². The van der Waals surface area contributed by atoms with Gasteiger partial charge >= 0.3 is 6.09 Å². The Morgan fingerprint density at radius 3 is 1.69 bits per heavy atom. The molecule has 2 aliphatic rings. The van der Waals surface area contributed by atoms with Crippen molar-refractivity contribution in [3.8, 4) is 11.5 Å². The highest BCUT2D eigenvalue weighted by Crippen LogP contribution is 2.33. The van der Waals surface area contributed by atoms with Crippen LogP contribution in [0.25, 0.3) is 0 Å². The van der Waals surface area contributed by atoms with Gasteiger partial charge < -0.3 is 35.9 Å². The zero-order valence-corrected chi connectivity index (χ0v) is 24.9. The third-order valence-corrected chi connectivity index (χ3v) is 6.31. The molecule has 0 atom stereocenters. The van der Waals surface area contributed by atoms with Crippen LogP contribution >= 0.6 is 24.8 Å². The smallest absolute Gasteiger partial charge is 0.410 e. The summed E-state index contributed by atoms with van der Waals surface area (Å²) in [5, 5.41) is 19.4. The number of nitrogens with zero attached hydrogens (tertiary/aromatic N) is 5. The topological polar surface area (TPSA) is 164 Å². The molecule has 14 heteroatoms. The summed E-state index contributed by atoms with van der Waals surface area (Å²) in [5.41, 5.74) is 12.5. The van der Waals surface area contributed by atoms with Crippen molar-refractivity contribution >= 4 is 42.5 Å². The largest absolute Gasteiger partial charge is 0.495 e. The Morgan fingerprint density at radius 1 is 0.846 bits per heavy atom. The van der Waals surface area contributed by atoms with Gasteiger partial charge in [-0.2, -0.15) is 0 Å². The van der Waals surface area contributed by atoms with Crippen LogP contribution in [0.3, 0.4) is 0 Å². The van der Waals surface area contributed by atoms with Crippen LogP contribution in [-0.2, 0) is 4.74 Å². The van der Waals surface area contributed by atoms with E-state index in [9.17, 15) is 4.79 Å². The van der Waals surface area contributed by atoms with E-state index in [4.69, 9.17) is 25.7 Å². The predicted molar refractivity (Wildman–Crippen MR) is 155 cm³/mol. The number of methoxy groups -OCH3 is 2. The van der Waals surface area contributed by atoms with Gasteiger partial charge in [-0.3, -0.25) is 0 Å². The molecule has 0 bridgehead atoms. The van der Waals surface area contributed by atoms with Crippen LogP contribution in [0.4, 0.5) is 16.4 Å². The number of carbonyl (C=O) groups excluding carboxylic acids is 1. The first kappa shape index (κ1) is 34.2. The summed E-state index contributed by atoms with van der Waals surface area (Å²) in [6.45, 7) is 8.93. The molecule has 0 aliphatic carbocycles. The number of rotatable bonds is 4. The van der Waals surface area contributed by atoms with Crippen molar-refractivity contribution in [2.45, 2.75) is 63.9 Å². The standard InChI is InChI=1S/C15H24N4O3.C10H16N4O.2ClH/c1-15(2,3)22-14(20)19-7-5-10(6-8-19)13-11(21-4)9-12(16)17-18-13;1-15-8-6-9(11)13-14-10(8)7-2-4-12-5-3-7;;/h9-10H,5-8H2,1-4H3,(H2,16,17);6-7,12H,2-5H2,1H3,(H2,11,13);2*1H. The number of hydrogen-bond donors (Lipinski definition) is 3. The number of carbonyl (C=O) groups is 1. The van der Waals surface area contributed by atoms with Gasteiger partial charge in [-0.05, 0) is 59.5 Å². The lowest BCUT2D eigenvalue weighted by molar-refractivity contribution is 0.0203. The molecule has 39 heavy (non-hydrogen) atoms. The van der Waals surface area contributed by atoms with Gasteiger partial charge in [0.2, 0.25) is 0 Å². The molecule has 0 aromatic carbocycles. The van der Waals surface area contributed by atoms with Crippen molar-refractivity contribution in [1.82, 2.24) is 30.6 Å².